The molecule has 3 N–H and O–H groups in total. The highest BCUT2D eigenvalue weighted by molar-refractivity contribution is 5.97. The van der Waals surface area contributed by atoms with Gasteiger partial charge < -0.3 is 20.4 Å². The van der Waals surface area contributed by atoms with E-state index in [4.69, 9.17) is 4.74 Å². The van der Waals surface area contributed by atoms with Crippen molar-refractivity contribution in [1.82, 2.24) is 20.5 Å². The maximum Gasteiger partial charge on any atom is 0.335 e. The van der Waals surface area contributed by atoms with Crippen molar-refractivity contribution >= 4 is 22.9 Å². The van der Waals surface area contributed by atoms with Crippen LogP contribution in [0, 0.1) is 0 Å². The summed E-state index contributed by atoms with van der Waals surface area (Å²) in [5.74, 6) is -1.12. The summed E-state index contributed by atoms with van der Waals surface area (Å²) in [6.07, 6.45) is -1.26. The van der Waals surface area contributed by atoms with E-state index in [1.807, 2.05) is 0 Å². The number of carbonyl (C=O) groups excluding carboxylic acids is 2. The number of fused-ring (bicyclic) bond motifs is 1. The van der Waals surface area contributed by atoms with Crippen molar-refractivity contribution < 1.29 is 24.6 Å². The van der Waals surface area contributed by atoms with Gasteiger partial charge in [-0.15, -0.1) is 5.10 Å². The number of rotatable bonds is 6. The van der Waals surface area contributed by atoms with Crippen LogP contribution in [0.2, 0.25) is 0 Å². The lowest BCUT2D eigenvalue weighted by molar-refractivity contribution is -0.153. The summed E-state index contributed by atoms with van der Waals surface area (Å²) in [6.45, 7) is 3.49. The summed E-state index contributed by atoms with van der Waals surface area (Å²) >= 11 is 0. The molecule has 1 heterocycles. The molecule has 2 rings (SSSR count). The number of aliphatic hydroxyl groups excluding tert-OH is 1. The highest BCUT2D eigenvalue weighted by Crippen LogP contribution is 2.13. The largest absolute Gasteiger partial charge is 0.464 e. The van der Waals surface area contributed by atoms with Crippen molar-refractivity contribution in [2.24, 2.45) is 0 Å². The Hall–Kier alpha value is -2.68. The van der Waals surface area contributed by atoms with Crippen molar-refractivity contribution in [3.63, 3.8) is 0 Å². The molecule has 2 atom stereocenters. The Morgan fingerprint density at radius 1 is 1.43 bits per heavy atom. The highest BCUT2D eigenvalue weighted by Gasteiger charge is 2.21. The Morgan fingerprint density at radius 3 is 2.87 bits per heavy atom. The molecule has 0 radical (unpaired) electrons. The number of hydrogen-bond acceptors (Lipinski definition) is 7. The second-order valence-electron chi connectivity index (χ2n) is 5.06. The zero-order valence-corrected chi connectivity index (χ0v) is 12.8. The van der Waals surface area contributed by atoms with Crippen LogP contribution in [0.1, 0.15) is 30.6 Å². The third-order valence-corrected chi connectivity index (χ3v) is 3.20. The summed E-state index contributed by atoms with van der Waals surface area (Å²) < 4.78 is 4.70. The third-order valence-electron chi connectivity index (χ3n) is 3.20. The monoisotopic (exact) mass is 322 g/mol. The molecule has 0 spiro atoms. The van der Waals surface area contributed by atoms with Crippen LogP contribution in [0.4, 0.5) is 0 Å². The van der Waals surface area contributed by atoms with Gasteiger partial charge >= 0.3 is 5.97 Å². The van der Waals surface area contributed by atoms with Crippen molar-refractivity contribution in [2.45, 2.75) is 32.4 Å². The fourth-order valence-corrected chi connectivity index (χ4v) is 2.08. The topological polar surface area (TPSA) is 127 Å². The van der Waals surface area contributed by atoms with E-state index in [1.165, 1.54) is 6.07 Å². The van der Waals surface area contributed by atoms with Crippen LogP contribution in [0.25, 0.3) is 11.0 Å². The summed E-state index contributed by atoms with van der Waals surface area (Å²) in [4.78, 5) is 24.1. The molecule has 0 aliphatic rings. The lowest BCUT2D eigenvalue weighted by Gasteiger charge is -2.17. The Kier molecular flexibility index (Phi) is 5.12. The lowest BCUT2D eigenvalue weighted by Crippen LogP contribution is -2.37. The van der Waals surface area contributed by atoms with Crippen molar-refractivity contribution in [3.8, 4) is 0 Å². The summed E-state index contributed by atoms with van der Waals surface area (Å²) in [5, 5.41) is 28.9. The van der Waals surface area contributed by atoms with Crippen LogP contribution in [0.15, 0.2) is 18.2 Å². The second kappa shape index (κ2) is 7.05. The molecule has 1 aromatic carbocycles. The van der Waals surface area contributed by atoms with Crippen molar-refractivity contribution in [1.29, 1.82) is 0 Å². The van der Waals surface area contributed by atoms with Gasteiger partial charge in [0, 0.05) is 18.0 Å². The van der Waals surface area contributed by atoms with Gasteiger partial charge in [-0.2, -0.15) is 0 Å². The zero-order valence-electron chi connectivity index (χ0n) is 12.8. The van der Waals surface area contributed by atoms with Gasteiger partial charge in [-0.3, -0.25) is 4.79 Å². The first-order chi connectivity index (χ1) is 10.9. The quantitative estimate of drug-likeness (QED) is 0.508. The van der Waals surface area contributed by atoms with Gasteiger partial charge in [0.05, 0.1) is 6.61 Å². The number of nitrogens with one attached hydrogen (secondary N) is 1. The minimum Gasteiger partial charge on any atom is -0.464 e. The number of benzene rings is 1. The Balaban J connectivity index is 1.99. The van der Waals surface area contributed by atoms with E-state index in [1.54, 1.807) is 26.0 Å². The van der Waals surface area contributed by atoms with Gasteiger partial charge in [0.2, 0.25) is 0 Å². The van der Waals surface area contributed by atoms with E-state index < -0.39 is 24.0 Å². The fourth-order valence-electron chi connectivity index (χ4n) is 2.08. The molecule has 2 aromatic rings. The van der Waals surface area contributed by atoms with Gasteiger partial charge in [0.15, 0.2) is 6.10 Å². The molecule has 9 nitrogen and oxygen atoms in total. The van der Waals surface area contributed by atoms with Crippen LogP contribution >= 0.6 is 0 Å². The first-order valence-corrected chi connectivity index (χ1v) is 7.12. The van der Waals surface area contributed by atoms with Crippen LogP contribution in [0.3, 0.4) is 0 Å². The van der Waals surface area contributed by atoms with Gasteiger partial charge in [-0.25, -0.2) is 4.79 Å². The SMILES string of the molecule is CCOC(=O)C(O)CC(C)NC(=O)c1ccc2nnn(O)c2c1. The molecule has 2 unspecified atom stereocenters. The minimum absolute atomic E-state index is 0.0340. The van der Waals surface area contributed by atoms with Gasteiger partial charge in [-0.1, -0.05) is 4.85 Å². The van der Waals surface area contributed by atoms with Crippen molar-refractivity contribution in [3.05, 3.63) is 23.8 Å². The molecule has 0 aliphatic carbocycles. The van der Waals surface area contributed by atoms with Gasteiger partial charge in [-0.05, 0) is 37.3 Å². The maximum atomic E-state index is 12.2. The van der Waals surface area contributed by atoms with E-state index in [2.05, 4.69) is 15.6 Å². The summed E-state index contributed by atoms with van der Waals surface area (Å²) in [6, 6.07) is 4.09. The van der Waals surface area contributed by atoms with Gasteiger partial charge in [0.25, 0.3) is 5.91 Å². The highest BCUT2D eigenvalue weighted by atomic mass is 16.5. The minimum atomic E-state index is -1.30. The van der Waals surface area contributed by atoms with Crippen molar-refractivity contribution in [2.75, 3.05) is 6.61 Å². The van der Waals surface area contributed by atoms with E-state index >= 15 is 0 Å². The van der Waals surface area contributed by atoms with E-state index in [0.717, 1.165) is 0 Å². The molecular weight excluding hydrogens is 304 g/mol. The molecule has 0 aliphatic heterocycles. The first kappa shape index (κ1) is 16.7. The van der Waals surface area contributed by atoms with Crippen LogP contribution in [0.5, 0.6) is 0 Å². The third kappa shape index (κ3) is 3.95. The Labute approximate surface area is 131 Å². The fraction of sp³-hybridized carbons (Fsp3) is 0.429. The number of amides is 1. The first-order valence-electron chi connectivity index (χ1n) is 7.12. The number of ether oxygens (including phenoxy) is 1. The number of aromatic nitrogens is 3. The number of hydrogen-bond donors (Lipinski definition) is 3. The van der Waals surface area contributed by atoms with E-state index in [0.29, 0.717) is 21.4 Å². The molecule has 23 heavy (non-hydrogen) atoms. The smallest absolute Gasteiger partial charge is 0.335 e. The summed E-state index contributed by atoms with van der Waals surface area (Å²) in [5.41, 5.74) is 1.05. The van der Waals surface area contributed by atoms with Crippen LogP contribution in [-0.4, -0.2) is 56.1 Å². The standard InChI is InChI=1S/C14H18N4O5/c1-3-23-14(21)12(19)6-8(2)15-13(20)9-4-5-10-11(7-9)18(22)17-16-10/h4-5,7-8,12,19,22H,3,6H2,1-2H3,(H,15,20). The average Bonchev–Trinajstić information content (AvgIpc) is 2.88. The van der Waals surface area contributed by atoms with Crippen LogP contribution in [-0.2, 0) is 9.53 Å². The number of carbonyl (C=O) groups is 2. The average molecular weight is 322 g/mol. The molecule has 1 aromatic heterocycles. The predicted octanol–water partition coefficient (Wildman–Crippen LogP) is 0.101. The normalized spacial score (nSPS) is 13.5. The van der Waals surface area contributed by atoms with E-state index in [-0.39, 0.29) is 13.0 Å². The zero-order chi connectivity index (χ0) is 17.0. The Bertz CT molecular complexity index is 714. The van der Waals surface area contributed by atoms with Gasteiger partial charge in [0.1, 0.15) is 11.0 Å². The predicted molar refractivity (Wildman–Crippen MR) is 78.9 cm³/mol. The Morgan fingerprint density at radius 2 is 2.17 bits per heavy atom. The molecule has 0 bridgehead atoms. The lowest BCUT2D eigenvalue weighted by atomic mass is 10.1. The molecule has 0 saturated heterocycles. The maximum absolute atomic E-state index is 12.2. The molecule has 1 amide bonds. The molecule has 0 saturated carbocycles. The second-order valence-corrected chi connectivity index (χ2v) is 5.06. The molecular formula is C14H18N4O5. The van der Waals surface area contributed by atoms with Crippen LogP contribution < -0.4 is 5.32 Å². The molecule has 9 heteroatoms. The molecule has 124 valence electrons. The summed E-state index contributed by atoms with van der Waals surface area (Å²) in [7, 11) is 0. The van der Waals surface area contributed by atoms with E-state index in [9.17, 15) is 19.9 Å². The number of esters is 1. The molecule has 0 fully saturated rings. The number of nitrogens with zero attached hydrogens (tertiary/aromatic N) is 3. The number of aliphatic hydroxyl groups is 1.